The third-order valence-electron chi connectivity index (χ3n) is 1.07. The lowest BCUT2D eigenvalue weighted by atomic mass is 10.4. The van der Waals surface area contributed by atoms with Crippen molar-refractivity contribution in [1.29, 1.82) is 0 Å². The van der Waals surface area contributed by atoms with E-state index in [9.17, 15) is 0 Å². The summed E-state index contributed by atoms with van der Waals surface area (Å²) in [6.07, 6.45) is 0. The zero-order valence-electron chi connectivity index (χ0n) is 5.56. The molecule has 0 unspecified atom stereocenters. The van der Waals surface area contributed by atoms with E-state index in [0.29, 0.717) is 6.54 Å². The molecule has 1 rings (SSSR count). The zero-order chi connectivity index (χ0) is 6.85. The van der Waals surface area contributed by atoms with Crippen LogP contribution in [0.4, 0.5) is 0 Å². The Kier molecular flexibility index (Phi) is 4.52. The standard InChI is InChI=1S/C6H8BrNS.ClH/c1-4-2-5(7)6(3-8)9-4;/h2H,3,8H2,1H3;1H. The van der Waals surface area contributed by atoms with Crippen LogP contribution in [-0.4, -0.2) is 0 Å². The van der Waals surface area contributed by atoms with Gasteiger partial charge in [0.2, 0.25) is 0 Å². The molecule has 0 radical (unpaired) electrons. The maximum absolute atomic E-state index is 5.44. The number of thiophene rings is 1. The molecule has 0 saturated heterocycles. The minimum atomic E-state index is 0. The molecule has 1 aromatic rings. The molecule has 0 atom stereocenters. The third-order valence-corrected chi connectivity index (χ3v) is 3.11. The van der Waals surface area contributed by atoms with Gasteiger partial charge in [-0.25, -0.2) is 0 Å². The van der Waals surface area contributed by atoms with Crippen molar-refractivity contribution in [3.05, 3.63) is 20.3 Å². The predicted molar refractivity (Wildman–Crippen MR) is 51.9 cm³/mol. The molecular formula is C6H9BrClNS. The summed E-state index contributed by atoms with van der Waals surface area (Å²) in [5.74, 6) is 0. The summed E-state index contributed by atoms with van der Waals surface area (Å²) in [7, 11) is 0. The van der Waals surface area contributed by atoms with E-state index in [1.807, 2.05) is 0 Å². The Morgan fingerprint density at radius 1 is 1.70 bits per heavy atom. The minimum absolute atomic E-state index is 0. The molecule has 1 heterocycles. The summed E-state index contributed by atoms with van der Waals surface area (Å²) < 4.78 is 1.15. The van der Waals surface area contributed by atoms with Gasteiger partial charge in [0.25, 0.3) is 0 Å². The monoisotopic (exact) mass is 241 g/mol. The molecule has 1 aromatic heterocycles. The molecular weight excluding hydrogens is 233 g/mol. The Morgan fingerprint density at radius 3 is 2.50 bits per heavy atom. The summed E-state index contributed by atoms with van der Waals surface area (Å²) in [4.78, 5) is 2.54. The van der Waals surface area contributed by atoms with E-state index < -0.39 is 0 Å². The summed E-state index contributed by atoms with van der Waals surface area (Å²) in [6.45, 7) is 2.72. The van der Waals surface area contributed by atoms with Gasteiger partial charge in [-0.05, 0) is 28.9 Å². The minimum Gasteiger partial charge on any atom is -0.326 e. The van der Waals surface area contributed by atoms with Crippen molar-refractivity contribution in [3.63, 3.8) is 0 Å². The number of nitrogens with two attached hydrogens (primary N) is 1. The van der Waals surface area contributed by atoms with Crippen LogP contribution in [0.2, 0.25) is 0 Å². The molecule has 0 fully saturated rings. The highest BCUT2D eigenvalue weighted by Gasteiger charge is 1.99. The first-order chi connectivity index (χ1) is 4.24. The van der Waals surface area contributed by atoms with Gasteiger partial charge >= 0.3 is 0 Å². The van der Waals surface area contributed by atoms with Crippen molar-refractivity contribution in [3.8, 4) is 0 Å². The first-order valence-electron chi connectivity index (χ1n) is 2.69. The number of rotatable bonds is 1. The maximum Gasteiger partial charge on any atom is 0.0330 e. The quantitative estimate of drug-likeness (QED) is 0.805. The molecule has 0 saturated carbocycles. The second-order valence-electron chi connectivity index (χ2n) is 1.83. The van der Waals surface area contributed by atoms with Crippen LogP contribution in [-0.2, 0) is 6.54 Å². The van der Waals surface area contributed by atoms with E-state index in [2.05, 4.69) is 28.9 Å². The highest BCUT2D eigenvalue weighted by molar-refractivity contribution is 9.10. The average molecular weight is 243 g/mol. The second kappa shape index (κ2) is 4.34. The van der Waals surface area contributed by atoms with Crippen LogP contribution in [0, 0.1) is 6.92 Å². The van der Waals surface area contributed by atoms with Crippen LogP contribution in [0.1, 0.15) is 9.75 Å². The molecule has 10 heavy (non-hydrogen) atoms. The Balaban J connectivity index is 0.000000810. The SMILES string of the molecule is Cc1cc(Br)c(CN)s1.Cl. The van der Waals surface area contributed by atoms with Crippen LogP contribution in [0.25, 0.3) is 0 Å². The van der Waals surface area contributed by atoms with E-state index in [1.165, 1.54) is 9.75 Å². The lowest BCUT2D eigenvalue weighted by Crippen LogP contribution is -1.92. The fourth-order valence-corrected chi connectivity index (χ4v) is 2.38. The topological polar surface area (TPSA) is 26.0 Å². The van der Waals surface area contributed by atoms with Gasteiger partial charge in [-0.1, -0.05) is 0 Å². The Morgan fingerprint density at radius 2 is 2.30 bits per heavy atom. The second-order valence-corrected chi connectivity index (χ2v) is 4.03. The number of hydrogen-bond acceptors (Lipinski definition) is 2. The number of hydrogen-bond donors (Lipinski definition) is 1. The summed E-state index contributed by atoms with van der Waals surface area (Å²) in [5.41, 5.74) is 5.44. The molecule has 2 N–H and O–H groups in total. The lowest BCUT2D eigenvalue weighted by molar-refractivity contribution is 1.10. The van der Waals surface area contributed by atoms with E-state index in [0.717, 1.165) is 4.47 Å². The number of aryl methyl sites for hydroxylation is 1. The average Bonchev–Trinajstić information content (AvgIpc) is 2.10. The predicted octanol–water partition coefficient (Wildman–Crippen LogP) is 2.70. The Labute approximate surface area is 79.2 Å². The molecule has 4 heteroatoms. The van der Waals surface area contributed by atoms with Crippen molar-refractivity contribution in [2.75, 3.05) is 0 Å². The van der Waals surface area contributed by atoms with Crippen LogP contribution in [0.15, 0.2) is 10.5 Å². The number of halogens is 2. The van der Waals surface area contributed by atoms with Gasteiger partial charge < -0.3 is 5.73 Å². The third kappa shape index (κ3) is 2.23. The fourth-order valence-electron chi connectivity index (χ4n) is 0.671. The van der Waals surface area contributed by atoms with E-state index >= 15 is 0 Å². The Hall–Kier alpha value is 0.430. The molecule has 0 bridgehead atoms. The van der Waals surface area contributed by atoms with Crippen LogP contribution >= 0.6 is 39.7 Å². The van der Waals surface area contributed by atoms with Crippen LogP contribution < -0.4 is 5.73 Å². The molecule has 0 aromatic carbocycles. The molecule has 0 aliphatic heterocycles. The zero-order valence-corrected chi connectivity index (χ0v) is 8.78. The van der Waals surface area contributed by atoms with Gasteiger partial charge in [-0.15, -0.1) is 23.7 Å². The molecule has 0 aliphatic rings. The van der Waals surface area contributed by atoms with Crippen LogP contribution in [0.3, 0.4) is 0 Å². The first kappa shape index (κ1) is 10.4. The van der Waals surface area contributed by atoms with Gasteiger partial charge in [0, 0.05) is 20.8 Å². The van der Waals surface area contributed by atoms with Crippen molar-refractivity contribution in [2.24, 2.45) is 5.73 Å². The fraction of sp³-hybridized carbons (Fsp3) is 0.333. The van der Waals surface area contributed by atoms with Crippen molar-refractivity contribution in [1.82, 2.24) is 0 Å². The lowest BCUT2D eigenvalue weighted by Gasteiger charge is -1.86. The van der Waals surface area contributed by atoms with Gasteiger partial charge in [0.15, 0.2) is 0 Å². The van der Waals surface area contributed by atoms with Crippen molar-refractivity contribution >= 4 is 39.7 Å². The largest absolute Gasteiger partial charge is 0.326 e. The van der Waals surface area contributed by atoms with Gasteiger partial charge in [0.05, 0.1) is 0 Å². The van der Waals surface area contributed by atoms with E-state index in [-0.39, 0.29) is 12.4 Å². The molecule has 0 aliphatic carbocycles. The smallest absolute Gasteiger partial charge is 0.0330 e. The highest BCUT2D eigenvalue weighted by Crippen LogP contribution is 2.25. The summed E-state index contributed by atoms with van der Waals surface area (Å²) in [6, 6.07) is 2.09. The molecule has 1 nitrogen and oxygen atoms in total. The van der Waals surface area contributed by atoms with Gasteiger partial charge in [-0.2, -0.15) is 0 Å². The van der Waals surface area contributed by atoms with Gasteiger partial charge in [0.1, 0.15) is 0 Å². The maximum atomic E-state index is 5.44. The normalized spacial score (nSPS) is 9.10. The van der Waals surface area contributed by atoms with Crippen molar-refractivity contribution < 1.29 is 0 Å². The van der Waals surface area contributed by atoms with Crippen LogP contribution in [0.5, 0.6) is 0 Å². The molecule has 0 amide bonds. The Bertz CT molecular complexity index is 212. The first-order valence-corrected chi connectivity index (χ1v) is 4.30. The van der Waals surface area contributed by atoms with E-state index in [1.54, 1.807) is 11.3 Å². The molecule has 58 valence electrons. The summed E-state index contributed by atoms with van der Waals surface area (Å²) in [5, 5.41) is 0. The van der Waals surface area contributed by atoms with Crippen molar-refractivity contribution in [2.45, 2.75) is 13.5 Å². The van der Waals surface area contributed by atoms with Gasteiger partial charge in [-0.3, -0.25) is 0 Å². The highest BCUT2D eigenvalue weighted by atomic mass is 79.9. The van der Waals surface area contributed by atoms with E-state index in [4.69, 9.17) is 5.73 Å². The molecule has 0 spiro atoms. The summed E-state index contributed by atoms with van der Waals surface area (Å²) >= 11 is 5.15.